The van der Waals surface area contributed by atoms with Crippen LogP contribution >= 0.6 is 11.3 Å². The second kappa shape index (κ2) is 7.56. The first kappa shape index (κ1) is 17.7. The van der Waals surface area contributed by atoms with Gasteiger partial charge in [0.05, 0.1) is 17.0 Å². The second-order valence-electron chi connectivity index (χ2n) is 5.96. The summed E-state index contributed by atoms with van der Waals surface area (Å²) >= 11 is 1.39. The molecule has 2 amide bonds. The summed E-state index contributed by atoms with van der Waals surface area (Å²) in [6.07, 6.45) is 0.605. The van der Waals surface area contributed by atoms with Gasteiger partial charge in [0.2, 0.25) is 5.91 Å². The quantitative estimate of drug-likeness (QED) is 0.717. The molecule has 1 heterocycles. The van der Waals surface area contributed by atoms with E-state index in [4.69, 9.17) is 0 Å². The van der Waals surface area contributed by atoms with Crippen LogP contribution in [0.1, 0.15) is 41.7 Å². The molecule has 21 heavy (non-hydrogen) atoms. The van der Waals surface area contributed by atoms with Crippen molar-refractivity contribution in [1.82, 2.24) is 10.6 Å². The monoisotopic (exact) mass is 312 g/mol. The van der Waals surface area contributed by atoms with Gasteiger partial charge in [0.15, 0.2) is 0 Å². The minimum absolute atomic E-state index is 0.0897. The van der Waals surface area contributed by atoms with E-state index in [1.807, 2.05) is 26.8 Å². The molecule has 0 spiro atoms. The first-order valence-electron chi connectivity index (χ1n) is 7.03. The minimum atomic E-state index is -0.932. The van der Waals surface area contributed by atoms with E-state index in [0.29, 0.717) is 17.2 Å². The molecule has 1 aromatic rings. The molecule has 0 saturated carbocycles. The van der Waals surface area contributed by atoms with Gasteiger partial charge in [0.25, 0.3) is 5.91 Å². The normalized spacial score (nSPS) is 13.8. The van der Waals surface area contributed by atoms with Crippen LogP contribution in [0.4, 0.5) is 0 Å². The van der Waals surface area contributed by atoms with Crippen LogP contribution in [0.25, 0.3) is 0 Å². The highest BCUT2D eigenvalue weighted by Gasteiger charge is 2.22. The SMILES string of the molecule is Cc1ccc(C(=O)NCC(=O)NCC(C)(O)CC(C)C)s1. The van der Waals surface area contributed by atoms with Gasteiger partial charge in [-0.1, -0.05) is 13.8 Å². The summed E-state index contributed by atoms with van der Waals surface area (Å²) in [5.74, 6) is -0.212. The number of thiophene rings is 1. The molecule has 3 N–H and O–H groups in total. The van der Waals surface area contributed by atoms with E-state index in [2.05, 4.69) is 10.6 Å². The zero-order valence-corrected chi connectivity index (χ0v) is 13.8. The standard InChI is InChI=1S/C15H24N2O3S/c1-10(2)7-15(4,20)9-17-13(18)8-16-14(19)12-6-5-11(3)21-12/h5-6,10,20H,7-9H2,1-4H3,(H,16,19)(H,17,18). The third-order valence-corrected chi connectivity index (χ3v) is 3.89. The van der Waals surface area contributed by atoms with Crippen LogP contribution in [0.3, 0.4) is 0 Å². The van der Waals surface area contributed by atoms with E-state index in [1.165, 1.54) is 11.3 Å². The maximum absolute atomic E-state index is 11.8. The molecule has 0 radical (unpaired) electrons. The van der Waals surface area contributed by atoms with Gasteiger partial charge < -0.3 is 15.7 Å². The van der Waals surface area contributed by atoms with Gasteiger partial charge in [-0.15, -0.1) is 11.3 Å². The Morgan fingerprint density at radius 3 is 2.52 bits per heavy atom. The number of hydrogen-bond donors (Lipinski definition) is 3. The fourth-order valence-electron chi connectivity index (χ4n) is 2.11. The van der Waals surface area contributed by atoms with E-state index in [9.17, 15) is 14.7 Å². The molecule has 0 aliphatic rings. The van der Waals surface area contributed by atoms with Gasteiger partial charge in [-0.25, -0.2) is 0 Å². The number of carbonyl (C=O) groups excluding carboxylic acids is 2. The van der Waals surface area contributed by atoms with Crippen LogP contribution in [-0.2, 0) is 4.79 Å². The maximum Gasteiger partial charge on any atom is 0.261 e. The fraction of sp³-hybridized carbons (Fsp3) is 0.600. The summed E-state index contributed by atoms with van der Waals surface area (Å²) in [7, 11) is 0. The summed E-state index contributed by atoms with van der Waals surface area (Å²) in [6, 6.07) is 3.60. The van der Waals surface area contributed by atoms with Gasteiger partial charge in [0, 0.05) is 11.4 Å². The molecule has 1 rings (SSSR count). The molecular formula is C15H24N2O3S. The number of amides is 2. The topological polar surface area (TPSA) is 78.4 Å². The average molecular weight is 312 g/mol. The lowest BCUT2D eigenvalue weighted by atomic mass is 9.94. The number of carbonyl (C=O) groups is 2. The maximum atomic E-state index is 11.8. The summed E-state index contributed by atoms with van der Waals surface area (Å²) in [4.78, 5) is 25.1. The van der Waals surface area contributed by atoms with Crippen molar-refractivity contribution in [3.05, 3.63) is 21.9 Å². The second-order valence-corrected chi connectivity index (χ2v) is 7.25. The van der Waals surface area contributed by atoms with Crippen LogP contribution < -0.4 is 10.6 Å². The molecule has 0 saturated heterocycles. The zero-order chi connectivity index (χ0) is 16.0. The van der Waals surface area contributed by atoms with Gasteiger partial charge in [-0.05, 0) is 38.3 Å². The van der Waals surface area contributed by atoms with Gasteiger partial charge in [-0.3, -0.25) is 9.59 Å². The van der Waals surface area contributed by atoms with E-state index in [0.717, 1.165) is 4.88 Å². The van der Waals surface area contributed by atoms with Crippen molar-refractivity contribution >= 4 is 23.2 Å². The first-order valence-corrected chi connectivity index (χ1v) is 7.85. The van der Waals surface area contributed by atoms with Crippen LogP contribution in [-0.4, -0.2) is 35.6 Å². The summed E-state index contributed by atoms with van der Waals surface area (Å²) < 4.78 is 0. The molecule has 0 aromatic carbocycles. The highest BCUT2D eigenvalue weighted by molar-refractivity contribution is 7.13. The van der Waals surface area contributed by atoms with Gasteiger partial charge in [-0.2, -0.15) is 0 Å². The zero-order valence-electron chi connectivity index (χ0n) is 13.0. The van der Waals surface area contributed by atoms with Crippen LogP contribution in [0.2, 0.25) is 0 Å². The smallest absolute Gasteiger partial charge is 0.261 e. The average Bonchev–Trinajstić information content (AvgIpc) is 2.79. The van der Waals surface area contributed by atoms with E-state index in [1.54, 1.807) is 13.0 Å². The molecule has 1 atom stereocenters. The predicted molar refractivity (Wildman–Crippen MR) is 84.5 cm³/mol. The lowest BCUT2D eigenvalue weighted by Gasteiger charge is -2.25. The Hall–Kier alpha value is -1.40. The predicted octanol–water partition coefficient (Wildman–Crippen LogP) is 1.70. The number of aliphatic hydroxyl groups is 1. The van der Waals surface area contributed by atoms with Crippen molar-refractivity contribution < 1.29 is 14.7 Å². The summed E-state index contributed by atoms with van der Waals surface area (Å²) in [5.41, 5.74) is -0.932. The summed E-state index contributed by atoms with van der Waals surface area (Å²) in [5, 5.41) is 15.3. The highest BCUT2D eigenvalue weighted by atomic mass is 32.1. The molecule has 5 nitrogen and oxygen atoms in total. The van der Waals surface area contributed by atoms with Gasteiger partial charge in [0.1, 0.15) is 0 Å². The van der Waals surface area contributed by atoms with E-state index < -0.39 is 5.60 Å². The van der Waals surface area contributed by atoms with E-state index in [-0.39, 0.29) is 24.9 Å². The van der Waals surface area contributed by atoms with Gasteiger partial charge >= 0.3 is 0 Å². The highest BCUT2D eigenvalue weighted by Crippen LogP contribution is 2.15. The lowest BCUT2D eigenvalue weighted by molar-refractivity contribution is -0.121. The third-order valence-electron chi connectivity index (χ3n) is 2.89. The van der Waals surface area contributed by atoms with Crippen molar-refractivity contribution in [3.63, 3.8) is 0 Å². The number of nitrogens with one attached hydrogen (secondary N) is 2. The molecular weight excluding hydrogens is 288 g/mol. The van der Waals surface area contributed by atoms with E-state index >= 15 is 0 Å². The molecule has 6 heteroatoms. The number of hydrogen-bond acceptors (Lipinski definition) is 4. The van der Waals surface area contributed by atoms with Crippen LogP contribution in [0.5, 0.6) is 0 Å². The number of rotatable bonds is 7. The van der Waals surface area contributed by atoms with Crippen molar-refractivity contribution in [2.45, 2.75) is 39.7 Å². The Morgan fingerprint density at radius 1 is 1.33 bits per heavy atom. The largest absolute Gasteiger partial charge is 0.388 e. The Balaban J connectivity index is 2.33. The minimum Gasteiger partial charge on any atom is -0.388 e. The Bertz CT molecular complexity index is 495. The van der Waals surface area contributed by atoms with Crippen molar-refractivity contribution in [3.8, 4) is 0 Å². The molecule has 1 unspecified atom stereocenters. The molecule has 1 aromatic heterocycles. The van der Waals surface area contributed by atoms with Crippen LogP contribution in [0, 0.1) is 12.8 Å². The van der Waals surface area contributed by atoms with Crippen molar-refractivity contribution in [1.29, 1.82) is 0 Å². The van der Waals surface area contributed by atoms with Crippen LogP contribution in [0.15, 0.2) is 12.1 Å². The molecule has 0 bridgehead atoms. The molecule has 0 aliphatic heterocycles. The Morgan fingerprint density at radius 2 is 2.00 bits per heavy atom. The fourth-order valence-corrected chi connectivity index (χ4v) is 2.89. The molecule has 0 fully saturated rings. The lowest BCUT2D eigenvalue weighted by Crippen LogP contribution is -2.45. The summed E-state index contributed by atoms with van der Waals surface area (Å²) in [6.45, 7) is 7.73. The Labute approximate surface area is 129 Å². The third kappa shape index (κ3) is 6.73. The van der Waals surface area contributed by atoms with Crippen molar-refractivity contribution in [2.75, 3.05) is 13.1 Å². The van der Waals surface area contributed by atoms with Crippen molar-refractivity contribution in [2.24, 2.45) is 5.92 Å². The number of aryl methyl sites for hydroxylation is 1. The molecule has 118 valence electrons. The molecule has 0 aliphatic carbocycles. The Kier molecular flexibility index (Phi) is 6.36. The first-order chi connectivity index (χ1) is 9.69.